The van der Waals surface area contributed by atoms with Crippen LogP contribution in [0.25, 0.3) is 0 Å². The third kappa shape index (κ3) is 5.48. The van der Waals surface area contributed by atoms with Crippen molar-refractivity contribution in [2.45, 2.75) is 19.5 Å². The van der Waals surface area contributed by atoms with E-state index in [0.717, 1.165) is 17.7 Å². The number of nitro groups is 1. The molecule has 0 spiro atoms. The molecule has 126 valence electrons. The van der Waals surface area contributed by atoms with Gasteiger partial charge in [0.05, 0.1) is 11.3 Å². The number of amides is 1. The third-order valence-electron chi connectivity index (χ3n) is 3.52. The van der Waals surface area contributed by atoms with E-state index >= 15 is 0 Å². The molecule has 0 aromatic heterocycles. The number of rotatable bonds is 7. The molecule has 0 saturated carbocycles. The molecule has 0 aliphatic rings. The first-order chi connectivity index (χ1) is 11.4. The fourth-order valence-electron chi connectivity index (χ4n) is 2.31. The fourth-order valence-corrected chi connectivity index (χ4v) is 2.31. The van der Waals surface area contributed by atoms with Gasteiger partial charge in [-0.05, 0) is 30.8 Å². The number of carbonyl (C=O) groups is 1. The molecule has 0 radical (unpaired) electrons. The molecule has 24 heavy (non-hydrogen) atoms. The lowest BCUT2D eigenvalue weighted by molar-refractivity contribution is -0.384. The number of nitro benzene ring substituents is 1. The van der Waals surface area contributed by atoms with Crippen LogP contribution in [0, 0.1) is 10.1 Å². The van der Waals surface area contributed by atoms with Gasteiger partial charge < -0.3 is 10.2 Å². The second-order valence-electron chi connectivity index (χ2n) is 5.93. The Morgan fingerprint density at radius 3 is 2.08 bits per heavy atom. The van der Waals surface area contributed by atoms with E-state index in [1.807, 2.05) is 26.2 Å². The molecule has 0 bridgehead atoms. The maximum absolute atomic E-state index is 12.0. The minimum absolute atomic E-state index is 0.0250. The Bertz CT molecular complexity index is 694. The van der Waals surface area contributed by atoms with Gasteiger partial charge in [-0.1, -0.05) is 36.4 Å². The molecule has 0 saturated heterocycles. The van der Waals surface area contributed by atoms with Gasteiger partial charge in [0.1, 0.15) is 0 Å². The number of nitrogens with one attached hydrogen (secondary N) is 1. The number of benzene rings is 2. The highest BCUT2D eigenvalue weighted by atomic mass is 16.6. The van der Waals surface area contributed by atoms with Gasteiger partial charge in [-0.15, -0.1) is 0 Å². The predicted molar refractivity (Wildman–Crippen MR) is 92.5 cm³/mol. The standard InChI is InChI=1S/C18H21N3O3/c1-20(2)13-16-5-3-15(4-6-16)12-19-18(22)11-14-7-9-17(10-8-14)21(23)24/h3-10H,11-13H2,1-2H3,(H,19,22). The molecule has 0 fully saturated rings. The van der Waals surface area contributed by atoms with Gasteiger partial charge in [0, 0.05) is 25.2 Å². The van der Waals surface area contributed by atoms with Crippen LogP contribution in [0.15, 0.2) is 48.5 Å². The largest absolute Gasteiger partial charge is 0.352 e. The highest BCUT2D eigenvalue weighted by Crippen LogP contribution is 2.12. The second-order valence-corrected chi connectivity index (χ2v) is 5.93. The minimum Gasteiger partial charge on any atom is -0.352 e. The Morgan fingerprint density at radius 2 is 1.54 bits per heavy atom. The van der Waals surface area contributed by atoms with Gasteiger partial charge in [0.2, 0.25) is 5.91 Å². The van der Waals surface area contributed by atoms with E-state index in [2.05, 4.69) is 22.3 Å². The molecule has 0 aliphatic carbocycles. The maximum atomic E-state index is 12.0. The first-order valence-electron chi connectivity index (χ1n) is 7.66. The summed E-state index contributed by atoms with van der Waals surface area (Å²) >= 11 is 0. The molecule has 0 aliphatic heterocycles. The molecule has 0 heterocycles. The van der Waals surface area contributed by atoms with Crippen molar-refractivity contribution in [3.8, 4) is 0 Å². The summed E-state index contributed by atoms with van der Waals surface area (Å²) < 4.78 is 0. The van der Waals surface area contributed by atoms with Crippen LogP contribution in [0.4, 0.5) is 5.69 Å². The van der Waals surface area contributed by atoms with Crippen molar-refractivity contribution in [1.29, 1.82) is 0 Å². The first-order valence-corrected chi connectivity index (χ1v) is 7.66. The van der Waals surface area contributed by atoms with Crippen molar-refractivity contribution in [1.82, 2.24) is 10.2 Å². The molecule has 0 unspecified atom stereocenters. The molecule has 2 aromatic rings. The third-order valence-corrected chi connectivity index (χ3v) is 3.52. The molecule has 2 rings (SSSR count). The normalized spacial score (nSPS) is 10.6. The van der Waals surface area contributed by atoms with E-state index in [-0.39, 0.29) is 18.0 Å². The highest BCUT2D eigenvalue weighted by molar-refractivity contribution is 5.78. The molecular weight excluding hydrogens is 306 g/mol. The van der Waals surface area contributed by atoms with E-state index in [0.29, 0.717) is 6.54 Å². The summed E-state index contributed by atoms with van der Waals surface area (Å²) in [7, 11) is 4.04. The quantitative estimate of drug-likeness (QED) is 0.626. The highest BCUT2D eigenvalue weighted by Gasteiger charge is 2.07. The summed E-state index contributed by atoms with van der Waals surface area (Å²) in [6.07, 6.45) is 0.205. The first kappa shape index (κ1) is 17.6. The van der Waals surface area contributed by atoms with Crippen LogP contribution >= 0.6 is 0 Å². The average molecular weight is 327 g/mol. The van der Waals surface area contributed by atoms with Gasteiger partial charge in [0.15, 0.2) is 0 Å². The van der Waals surface area contributed by atoms with Crippen molar-refractivity contribution in [2.24, 2.45) is 0 Å². The van der Waals surface area contributed by atoms with Crippen molar-refractivity contribution >= 4 is 11.6 Å². The van der Waals surface area contributed by atoms with E-state index in [1.54, 1.807) is 12.1 Å². The van der Waals surface area contributed by atoms with Crippen LogP contribution in [0.1, 0.15) is 16.7 Å². The predicted octanol–water partition coefficient (Wildman–Crippen LogP) is 2.52. The number of carbonyl (C=O) groups excluding carboxylic acids is 1. The zero-order valence-corrected chi connectivity index (χ0v) is 13.9. The Morgan fingerprint density at radius 1 is 1.00 bits per heavy atom. The summed E-state index contributed by atoms with van der Waals surface area (Å²) in [5, 5.41) is 13.5. The maximum Gasteiger partial charge on any atom is 0.269 e. The van der Waals surface area contributed by atoms with Crippen LogP contribution in [0.2, 0.25) is 0 Å². The van der Waals surface area contributed by atoms with Gasteiger partial charge in [-0.25, -0.2) is 0 Å². The fraction of sp³-hybridized carbons (Fsp3) is 0.278. The number of hydrogen-bond donors (Lipinski definition) is 1. The zero-order valence-electron chi connectivity index (χ0n) is 13.9. The Kier molecular flexibility index (Phi) is 6.03. The smallest absolute Gasteiger partial charge is 0.269 e. The lowest BCUT2D eigenvalue weighted by atomic mass is 10.1. The number of non-ortho nitro benzene ring substituents is 1. The van der Waals surface area contributed by atoms with Gasteiger partial charge in [0.25, 0.3) is 5.69 Å². The zero-order chi connectivity index (χ0) is 17.5. The van der Waals surface area contributed by atoms with Crippen LogP contribution in [0.5, 0.6) is 0 Å². The van der Waals surface area contributed by atoms with Crippen molar-refractivity contribution in [3.05, 3.63) is 75.3 Å². The Hall–Kier alpha value is -2.73. The van der Waals surface area contributed by atoms with Crippen LogP contribution in [-0.4, -0.2) is 29.8 Å². The molecule has 6 nitrogen and oxygen atoms in total. The average Bonchev–Trinajstić information content (AvgIpc) is 2.54. The molecular formula is C18H21N3O3. The molecule has 1 N–H and O–H groups in total. The summed E-state index contributed by atoms with van der Waals surface area (Å²) in [6.45, 7) is 1.35. The summed E-state index contributed by atoms with van der Waals surface area (Å²) in [5.41, 5.74) is 3.03. The minimum atomic E-state index is -0.455. The van der Waals surface area contributed by atoms with Crippen LogP contribution < -0.4 is 5.32 Å². The van der Waals surface area contributed by atoms with Gasteiger partial charge in [-0.3, -0.25) is 14.9 Å². The topological polar surface area (TPSA) is 75.5 Å². The van der Waals surface area contributed by atoms with E-state index < -0.39 is 4.92 Å². The van der Waals surface area contributed by atoms with E-state index in [9.17, 15) is 14.9 Å². The van der Waals surface area contributed by atoms with Crippen molar-refractivity contribution in [2.75, 3.05) is 14.1 Å². The molecule has 1 amide bonds. The van der Waals surface area contributed by atoms with Gasteiger partial charge in [-0.2, -0.15) is 0 Å². The van der Waals surface area contributed by atoms with Gasteiger partial charge >= 0.3 is 0 Å². The molecule has 2 aromatic carbocycles. The van der Waals surface area contributed by atoms with E-state index in [1.165, 1.54) is 17.7 Å². The number of nitrogens with zero attached hydrogens (tertiary/aromatic N) is 2. The molecule has 0 atom stereocenters. The summed E-state index contributed by atoms with van der Waals surface area (Å²) in [4.78, 5) is 24.2. The summed E-state index contributed by atoms with van der Waals surface area (Å²) in [5.74, 6) is -0.110. The SMILES string of the molecule is CN(C)Cc1ccc(CNC(=O)Cc2ccc([N+](=O)[O-])cc2)cc1. The molecule has 6 heteroatoms. The monoisotopic (exact) mass is 327 g/mol. The Balaban J connectivity index is 1.83. The summed E-state index contributed by atoms with van der Waals surface area (Å²) in [6, 6.07) is 14.1. The van der Waals surface area contributed by atoms with E-state index in [4.69, 9.17) is 0 Å². The lowest BCUT2D eigenvalue weighted by Gasteiger charge is -2.10. The van der Waals surface area contributed by atoms with Crippen molar-refractivity contribution < 1.29 is 9.72 Å². The number of hydrogen-bond acceptors (Lipinski definition) is 4. The second kappa shape index (κ2) is 8.21. The van der Waals surface area contributed by atoms with Crippen LogP contribution in [0.3, 0.4) is 0 Å². The Labute approximate surface area is 141 Å². The van der Waals surface area contributed by atoms with Crippen molar-refractivity contribution in [3.63, 3.8) is 0 Å². The van der Waals surface area contributed by atoms with Crippen LogP contribution in [-0.2, 0) is 24.3 Å². The lowest BCUT2D eigenvalue weighted by Crippen LogP contribution is -2.24.